The zero-order valence-electron chi connectivity index (χ0n) is 38.1. The zero-order chi connectivity index (χ0) is 47.5. The number of aromatic amines is 1. The fourth-order valence-corrected chi connectivity index (χ4v) is 8.14. The number of aliphatic hydroxyl groups is 2. The molecule has 2 fully saturated rings. The molecule has 21 heteroatoms. The van der Waals surface area contributed by atoms with Gasteiger partial charge in [-0.1, -0.05) is 18.2 Å². The SMILES string of the molecule is C=C=O.CC(=O)OOC(C)=O.CN1CCCC1Cc1cc2cccnc2[nH]1.CN1CCCC1Cc1cc2cccnc2n1S(=O)(=O)c1ccccc1.OCCOCCO.[B-]OC(C)=O.[Na+]. The van der Waals surface area contributed by atoms with E-state index in [1.807, 2.05) is 36.5 Å². The van der Waals surface area contributed by atoms with Crippen LogP contribution in [0.1, 0.15) is 57.8 Å². The van der Waals surface area contributed by atoms with Crippen LogP contribution in [-0.2, 0) is 61.2 Å². The summed E-state index contributed by atoms with van der Waals surface area (Å²) in [6, 6.07) is 21.7. The van der Waals surface area contributed by atoms with Gasteiger partial charge in [0.05, 0.1) is 31.3 Å². The van der Waals surface area contributed by atoms with E-state index in [2.05, 4.69) is 84.8 Å². The number of fused-ring (bicyclic) bond motifs is 2. The summed E-state index contributed by atoms with van der Waals surface area (Å²) in [5.41, 5.74) is 3.63. The minimum atomic E-state index is -3.68. The van der Waals surface area contributed by atoms with Crippen molar-refractivity contribution >= 4 is 64.0 Å². The second-order valence-electron chi connectivity index (χ2n) is 14.3. The number of aromatic nitrogens is 4. The Hall–Kier alpha value is -4.73. The van der Waals surface area contributed by atoms with E-state index in [0.717, 1.165) is 56.4 Å². The summed E-state index contributed by atoms with van der Waals surface area (Å²) in [4.78, 5) is 62.5. The summed E-state index contributed by atoms with van der Waals surface area (Å²) >= 11 is 0. The molecule has 18 nitrogen and oxygen atoms in total. The van der Waals surface area contributed by atoms with E-state index < -0.39 is 27.9 Å². The third-order valence-corrected chi connectivity index (χ3v) is 11.2. The van der Waals surface area contributed by atoms with Crippen LogP contribution in [0, 0.1) is 0 Å². The van der Waals surface area contributed by atoms with Gasteiger partial charge in [0.15, 0.2) is 5.65 Å². The third kappa shape index (κ3) is 21.0. The van der Waals surface area contributed by atoms with Gasteiger partial charge in [0.2, 0.25) is 5.97 Å². The standard InChI is InChI=1S/C19H21N3O2S.C13H17N3.C4H6O4.C4H10O3.C2H3BO2.C2H2O.Na/c1-21-12-6-8-16(21)14-17-13-15-7-5-11-20-19(15)22(17)25(23,24)18-9-3-2-4-10-18;1-16-7-3-5-12(16)9-11-8-10-4-2-6-14-13(10)15-11;1-3(5)7-8-4(2)6;5-1-3-7-4-2-6;1-2(4)5-3;1-2-3;/h2-5,7,9-11,13,16H,6,8,12,14H2,1H3;2,4,6,8,12H,3,5,7,9H2,1H3,(H,14,15);1-2H3;5-6H,1-4H2;1H3;1H2;/q;;;;-1;;+1. The van der Waals surface area contributed by atoms with Crippen LogP contribution in [0.4, 0.5) is 0 Å². The van der Waals surface area contributed by atoms with Crippen molar-refractivity contribution in [3.05, 3.63) is 97.1 Å². The molecule has 2 unspecified atom stereocenters. The van der Waals surface area contributed by atoms with E-state index in [4.69, 9.17) is 15.0 Å². The first-order valence-electron chi connectivity index (χ1n) is 20.4. The number of nitrogens with zero attached hydrogens (tertiary/aromatic N) is 5. The van der Waals surface area contributed by atoms with Crippen molar-refractivity contribution in [2.45, 2.75) is 76.3 Å². The molecular weight excluding hydrogens is 870 g/mol. The number of carbonyl (C=O) groups excluding carboxylic acids is 4. The van der Waals surface area contributed by atoms with E-state index in [1.165, 1.54) is 47.3 Å². The fourth-order valence-electron chi connectivity index (χ4n) is 6.62. The molecule has 0 bridgehead atoms. The number of carbonyl (C=O) groups is 3. The summed E-state index contributed by atoms with van der Waals surface area (Å²) in [7, 11) is 4.97. The Kier molecular flexibility index (Phi) is 28.7. The smallest absolute Gasteiger partial charge is 0.793 e. The van der Waals surface area contributed by atoms with Crippen LogP contribution in [0.2, 0.25) is 0 Å². The molecule has 7 rings (SSSR count). The number of nitrogens with one attached hydrogen (secondary N) is 1. The molecule has 0 saturated carbocycles. The molecule has 0 aliphatic carbocycles. The number of rotatable bonds is 10. The summed E-state index contributed by atoms with van der Waals surface area (Å²) in [5, 5.41) is 18.3. The summed E-state index contributed by atoms with van der Waals surface area (Å²) in [6.45, 7) is 9.20. The number of pyridine rings is 2. The van der Waals surface area contributed by atoms with Gasteiger partial charge in [-0.05, 0) is 108 Å². The first kappa shape index (κ1) is 58.3. The van der Waals surface area contributed by atoms with Gasteiger partial charge in [0.25, 0.3) is 10.0 Å². The number of likely N-dealkylation sites (N-methyl/N-ethyl adjacent to an activating group) is 2. The molecule has 0 spiro atoms. The molecule has 2 aliphatic rings. The van der Waals surface area contributed by atoms with Gasteiger partial charge in [-0.15, -0.1) is 0 Å². The molecule has 0 amide bonds. The van der Waals surface area contributed by atoms with E-state index >= 15 is 0 Å². The summed E-state index contributed by atoms with van der Waals surface area (Å²) in [6.07, 6.45) is 10.2. The number of H-pyrrole nitrogens is 1. The van der Waals surface area contributed by atoms with E-state index in [1.54, 1.807) is 30.5 Å². The van der Waals surface area contributed by atoms with Gasteiger partial charge in [0.1, 0.15) is 11.6 Å². The molecule has 347 valence electrons. The van der Waals surface area contributed by atoms with Crippen LogP contribution in [0.3, 0.4) is 0 Å². The van der Waals surface area contributed by atoms with Crippen LogP contribution >= 0.6 is 0 Å². The summed E-state index contributed by atoms with van der Waals surface area (Å²) in [5.74, 6) is -0.495. The number of ether oxygens (including phenoxy) is 1. The Morgan fingerprint density at radius 3 is 1.78 bits per heavy atom. The number of hydrogen-bond donors (Lipinski definition) is 3. The quantitative estimate of drug-likeness (QED) is 0.0577. The third-order valence-electron chi connectivity index (χ3n) is 9.48. The Balaban J connectivity index is 0.000000453. The largest absolute Gasteiger partial charge is 1.00 e. The predicted molar refractivity (Wildman–Crippen MR) is 241 cm³/mol. The Bertz CT molecular complexity index is 2260. The van der Waals surface area contributed by atoms with Gasteiger partial charge in [-0.2, -0.15) is 0 Å². The Morgan fingerprint density at radius 1 is 0.815 bits per heavy atom. The molecule has 6 heterocycles. The second kappa shape index (κ2) is 32.0. The Morgan fingerprint density at radius 2 is 1.32 bits per heavy atom. The van der Waals surface area contributed by atoms with E-state index in [0.29, 0.717) is 42.3 Å². The number of hydrogen-bond acceptors (Lipinski definition) is 16. The van der Waals surface area contributed by atoms with Crippen molar-refractivity contribution < 1.29 is 86.5 Å². The minimum absolute atomic E-state index is 0. The Labute approximate surface area is 404 Å². The maximum Gasteiger partial charge on any atom is 1.00 e. The van der Waals surface area contributed by atoms with Crippen molar-refractivity contribution in [3.8, 4) is 0 Å². The van der Waals surface area contributed by atoms with Gasteiger partial charge in [-0.25, -0.2) is 46.5 Å². The van der Waals surface area contributed by atoms with Crippen molar-refractivity contribution in [2.24, 2.45) is 0 Å². The number of aliphatic hydroxyl groups excluding tert-OH is 2. The van der Waals surface area contributed by atoms with Crippen molar-refractivity contribution in [2.75, 3.05) is 53.6 Å². The first-order chi connectivity index (χ1) is 30.6. The molecule has 65 heavy (non-hydrogen) atoms. The average Bonchev–Trinajstić information content (AvgIpc) is 4.08. The number of likely N-dealkylation sites (tertiary alicyclic amines) is 2. The fraction of sp³-hybridized carbons (Fsp3) is 0.432. The van der Waals surface area contributed by atoms with Crippen LogP contribution in [0.25, 0.3) is 22.1 Å². The molecule has 1 aromatic carbocycles. The van der Waals surface area contributed by atoms with Gasteiger partial charge in [-0.3, -0.25) is 4.79 Å². The van der Waals surface area contributed by atoms with E-state index in [9.17, 15) is 22.8 Å². The van der Waals surface area contributed by atoms with Crippen LogP contribution < -0.4 is 29.6 Å². The molecular formula is C44H59BN6NaO12S. The molecule has 3 radical (unpaired) electrons. The molecule has 3 N–H and O–H groups in total. The minimum Gasteiger partial charge on any atom is -0.793 e. The molecule has 5 aromatic rings. The maximum atomic E-state index is 13.3. The van der Waals surface area contributed by atoms with Crippen molar-refractivity contribution in [1.29, 1.82) is 0 Å². The van der Waals surface area contributed by atoms with Crippen LogP contribution in [0.5, 0.6) is 0 Å². The van der Waals surface area contributed by atoms with E-state index in [-0.39, 0.29) is 42.8 Å². The molecule has 2 aliphatic heterocycles. The van der Waals surface area contributed by atoms with Crippen molar-refractivity contribution in [1.82, 2.24) is 28.7 Å². The van der Waals surface area contributed by atoms with Gasteiger partial charge >= 0.3 is 41.5 Å². The zero-order valence-corrected chi connectivity index (χ0v) is 40.9. The number of benzene rings is 1. The average molecular weight is 930 g/mol. The topological polar surface area (TPSA) is 233 Å². The molecule has 4 aromatic heterocycles. The van der Waals surface area contributed by atoms with Gasteiger partial charge in [0, 0.05) is 80.3 Å². The van der Waals surface area contributed by atoms with Crippen molar-refractivity contribution in [3.63, 3.8) is 0 Å². The second-order valence-corrected chi connectivity index (χ2v) is 16.1. The molecule has 2 saturated heterocycles. The first-order valence-corrected chi connectivity index (χ1v) is 21.8. The maximum absolute atomic E-state index is 13.3. The molecule has 2 atom stereocenters. The van der Waals surface area contributed by atoms with Gasteiger partial charge < -0.3 is 42.4 Å². The normalized spacial score (nSPS) is 15.3. The predicted octanol–water partition coefficient (Wildman–Crippen LogP) is 0.766. The van der Waals surface area contributed by atoms with Crippen LogP contribution in [0.15, 0.2) is 90.6 Å². The summed E-state index contributed by atoms with van der Waals surface area (Å²) < 4.78 is 36.3. The van der Waals surface area contributed by atoms with Crippen LogP contribution in [-0.4, -0.2) is 145 Å². The monoisotopic (exact) mass is 929 g/mol.